The zero-order valence-electron chi connectivity index (χ0n) is 29.1. The fourth-order valence-electron chi connectivity index (χ4n) is 9.01. The summed E-state index contributed by atoms with van der Waals surface area (Å²) in [5, 5.41) is 91.0. The van der Waals surface area contributed by atoms with E-state index in [9.17, 15) is 50.4 Å². The van der Waals surface area contributed by atoms with E-state index in [-0.39, 0.29) is 40.5 Å². The van der Waals surface area contributed by atoms with Crippen LogP contribution in [0, 0.1) is 11.3 Å². The summed E-state index contributed by atoms with van der Waals surface area (Å²) in [6.07, 6.45) is -10.7. The van der Waals surface area contributed by atoms with Crippen molar-refractivity contribution in [3.05, 3.63) is 28.8 Å². The van der Waals surface area contributed by atoms with Gasteiger partial charge in [0.1, 0.15) is 35.6 Å². The van der Waals surface area contributed by atoms with Gasteiger partial charge < -0.3 is 78.7 Å². The number of aromatic hydroxyl groups is 1. The van der Waals surface area contributed by atoms with Crippen LogP contribution >= 0.6 is 0 Å². The van der Waals surface area contributed by atoms with Gasteiger partial charge in [0.15, 0.2) is 24.0 Å². The number of esters is 1. The van der Waals surface area contributed by atoms with E-state index in [1.807, 2.05) is 0 Å². The van der Waals surface area contributed by atoms with Crippen LogP contribution in [0.25, 0.3) is 10.8 Å². The van der Waals surface area contributed by atoms with Crippen LogP contribution in [0.2, 0.25) is 0 Å². The Balaban J connectivity index is 1.34. The van der Waals surface area contributed by atoms with Crippen molar-refractivity contribution in [3.63, 3.8) is 0 Å². The second kappa shape index (κ2) is 11.9. The number of carbonyl (C=O) groups excluding carboxylic acids is 2. The maximum Gasteiger partial charge on any atom is 0.302 e. The molecule has 0 radical (unpaired) electrons. The van der Waals surface area contributed by atoms with Gasteiger partial charge in [-0.1, -0.05) is 19.9 Å². The van der Waals surface area contributed by atoms with Crippen molar-refractivity contribution in [2.24, 2.45) is 11.3 Å². The van der Waals surface area contributed by atoms with Gasteiger partial charge >= 0.3 is 5.97 Å². The SMILES string of the molecule is COc1c2c(c(O)c3c4c(ccc13)C(O)[C@@H]1OC(O)(C(OC)OC)C(O)(CO)C1(O)O4)C(=O)C(O)CC2OC1CC2(C)C(OC(C)=O)C(C)C2(O)O1. The molecule has 3 aliphatic heterocycles. The van der Waals surface area contributed by atoms with Gasteiger partial charge in [-0.2, -0.15) is 0 Å². The molecule has 5 aliphatic rings. The molecule has 0 bridgehead atoms. The van der Waals surface area contributed by atoms with Crippen molar-refractivity contribution in [1.29, 1.82) is 0 Å². The van der Waals surface area contributed by atoms with Crippen molar-refractivity contribution in [1.82, 2.24) is 0 Å². The normalized spacial score (nSPS) is 41.9. The number of hydrogen-bond donors (Lipinski definition) is 8. The molecule has 2 aromatic rings. The van der Waals surface area contributed by atoms with Crippen molar-refractivity contribution in [2.75, 3.05) is 27.9 Å². The van der Waals surface area contributed by atoms with Crippen LogP contribution in [0.4, 0.5) is 0 Å². The molecule has 8 N–H and O–H groups in total. The summed E-state index contributed by atoms with van der Waals surface area (Å²) in [6.45, 7) is 3.19. The predicted molar refractivity (Wildman–Crippen MR) is 168 cm³/mol. The third kappa shape index (κ3) is 4.37. The van der Waals surface area contributed by atoms with Gasteiger partial charge in [0.05, 0.1) is 36.2 Å². The molecule has 12 atom stereocenters. The standard InChI is InChI=1S/C34H42O18/c1-12-27(48-13(2)36)30(3)10-18(50-32(12,30)42)49-17-9-16(37)23(39)21-20(17)25(45-4)14-7-8-15-22(38)28-33(43,51-26(15)19(14)24(21)40)31(41,11-35)34(44,52-28)29(46-5)47-6/h7-8,12,16-18,22,27-29,35,37-38,40-44H,9-11H2,1-6H3/t12?,16?,17?,18?,22?,27?,28-,30?,31?,32?,33?,34?/m0/s1. The molecule has 286 valence electrons. The molecular weight excluding hydrogens is 696 g/mol. The summed E-state index contributed by atoms with van der Waals surface area (Å²) >= 11 is 0. The number of carbonyl (C=O) groups is 2. The fraction of sp³-hybridized carbons (Fsp3) is 0.647. The lowest BCUT2D eigenvalue weighted by atomic mass is 9.55. The first-order valence-electron chi connectivity index (χ1n) is 16.6. The van der Waals surface area contributed by atoms with E-state index in [2.05, 4.69) is 0 Å². The molecule has 1 saturated carbocycles. The minimum Gasteiger partial charge on any atom is -0.506 e. The van der Waals surface area contributed by atoms with E-state index in [0.717, 1.165) is 14.2 Å². The monoisotopic (exact) mass is 738 g/mol. The van der Waals surface area contributed by atoms with Gasteiger partial charge in [-0.25, -0.2) is 0 Å². The number of benzene rings is 2. The van der Waals surface area contributed by atoms with Gasteiger partial charge in [-0.05, 0) is 6.07 Å². The van der Waals surface area contributed by atoms with E-state index in [1.54, 1.807) is 13.8 Å². The highest BCUT2D eigenvalue weighted by molar-refractivity contribution is 6.13. The van der Waals surface area contributed by atoms with Crippen LogP contribution in [0.1, 0.15) is 67.3 Å². The lowest BCUT2D eigenvalue weighted by Crippen LogP contribution is -2.72. The number of rotatable bonds is 8. The third-order valence-corrected chi connectivity index (χ3v) is 11.7. The Kier molecular flexibility index (Phi) is 8.47. The number of aliphatic hydroxyl groups is 7. The Morgan fingerprint density at radius 2 is 1.73 bits per heavy atom. The number of methoxy groups -OCH3 is 3. The number of hydrogen-bond acceptors (Lipinski definition) is 18. The molecule has 0 aromatic heterocycles. The molecule has 11 unspecified atom stereocenters. The third-order valence-electron chi connectivity index (χ3n) is 11.7. The fourth-order valence-corrected chi connectivity index (χ4v) is 9.01. The van der Waals surface area contributed by atoms with Gasteiger partial charge in [0.2, 0.25) is 11.9 Å². The molecule has 2 saturated heterocycles. The molecule has 7 rings (SSSR count). The zero-order valence-corrected chi connectivity index (χ0v) is 29.1. The van der Waals surface area contributed by atoms with Crippen LogP contribution in [0.15, 0.2) is 12.1 Å². The predicted octanol–water partition coefficient (Wildman–Crippen LogP) is -0.874. The summed E-state index contributed by atoms with van der Waals surface area (Å²) < 4.78 is 45.1. The van der Waals surface area contributed by atoms with E-state index < -0.39 is 113 Å². The Hall–Kier alpha value is -3.24. The number of ether oxygens (including phenoxy) is 8. The molecule has 3 fully saturated rings. The lowest BCUT2D eigenvalue weighted by molar-refractivity contribution is -0.378. The molecule has 52 heavy (non-hydrogen) atoms. The van der Waals surface area contributed by atoms with E-state index in [0.29, 0.717) is 0 Å². The van der Waals surface area contributed by atoms with Crippen molar-refractivity contribution >= 4 is 22.5 Å². The van der Waals surface area contributed by atoms with Crippen LogP contribution in [-0.4, -0.2) is 134 Å². The zero-order chi connectivity index (χ0) is 38.1. The quantitative estimate of drug-likeness (QED) is 0.121. The highest BCUT2D eigenvalue weighted by Gasteiger charge is 2.81. The second-order valence-electron chi connectivity index (χ2n) is 14.3. The first-order valence-corrected chi connectivity index (χ1v) is 16.6. The minimum absolute atomic E-state index is 0.00809. The molecule has 2 aliphatic carbocycles. The summed E-state index contributed by atoms with van der Waals surface area (Å²) in [5.41, 5.74) is -4.80. The molecule has 18 heteroatoms. The number of phenols is 1. The van der Waals surface area contributed by atoms with E-state index >= 15 is 0 Å². The summed E-state index contributed by atoms with van der Waals surface area (Å²) in [6, 6.07) is 2.74. The van der Waals surface area contributed by atoms with Crippen LogP contribution in [0.3, 0.4) is 0 Å². The van der Waals surface area contributed by atoms with E-state index in [1.165, 1.54) is 26.2 Å². The van der Waals surface area contributed by atoms with E-state index in [4.69, 9.17) is 37.9 Å². The maximum absolute atomic E-state index is 13.7. The minimum atomic E-state index is -3.16. The van der Waals surface area contributed by atoms with Gasteiger partial charge in [0.25, 0.3) is 11.6 Å². The molecule has 0 spiro atoms. The van der Waals surface area contributed by atoms with Gasteiger partial charge in [-0.3, -0.25) is 9.59 Å². The van der Waals surface area contributed by atoms with Gasteiger partial charge in [0, 0.05) is 56.4 Å². The Labute approximate surface area is 295 Å². The highest BCUT2D eigenvalue weighted by atomic mass is 16.8. The average Bonchev–Trinajstić information content (AvgIpc) is 3.43. The smallest absolute Gasteiger partial charge is 0.302 e. The Morgan fingerprint density at radius 3 is 2.33 bits per heavy atom. The Bertz CT molecular complexity index is 1830. The highest BCUT2D eigenvalue weighted by Crippen LogP contribution is 2.65. The number of aliphatic hydroxyl groups excluding tert-OH is 3. The molecule has 3 heterocycles. The number of fused-ring (bicyclic) bond motifs is 6. The molecular formula is C34H42O18. The van der Waals surface area contributed by atoms with Crippen LogP contribution in [0.5, 0.6) is 17.2 Å². The average molecular weight is 739 g/mol. The molecule has 18 nitrogen and oxygen atoms in total. The van der Waals surface area contributed by atoms with Crippen molar-refractivity contribution in [3.8, 4) is 17.2 Å². The largest absolute Gasteiger partial charge is 0.506 e. The lowest BCUT2D eigenvalue weighted by Gasteiger charge is -2.57. The van der Waals surface area contributed by atoms with Crippen LogP contribution in [-0.2, 0) is 33.2 Å². The first-order chi connectivity index (χ1) is 24.3. The van der Waals surface area contributed by atoms with Crippen LogP contribution < -0.4 is 9.47 Å². The topological polar surface area (TPSA) is 270 Å². The maximum atomic E-state index is 13.7. The van der Waals surface area contributed by atoms with Crippen molar-refractivity contribution < 1.29 is 88.3 Å². The summed E-state index contributed by atoms with van der Waals surface area (Å²) in [5.74, 6) is -11.3. The molecule has 0 amide bonds. The molecule has 2 aromatic carbocycles. The number of ketones is 1. The second-order valence-corrected chi connectivity index (χ2v) is 14.3. The Morgan fingerprint density at radius 1 is 1.06 bits per heavy atom. The number of phenolic OH excluding ortho intramolecular Hbond substituents is 1. The number of Topliss-reactive ketones (excluding diaryl/α,β-unsaturated/α-hetero) is 1. The van der Waals surface area contributed by atoms with Crippen molar-refractivity contribution in [2.45, 2.75) is 99.7 Å². The summed E-state index contributed by atoms with van der Waals surface area (Å²) in [4.78, 5) is 25.4. The summed E-state index contributed by atoms with van der Waals surface area (Å²) in [7, 11) is 3.43. The van der Waals surface area contributed by atoms with Gasteiger partial charge in [-0.15, -0.1) is 0 Å². The first kappa shape index (κ1) is 37.1.